The van der Waals surface area contributed by atoms with Gasteiger partial charge in [0.1, 0.15) is 0 Å². The smallest absolute Gasteiger partial charge is 0.265 e. The molecule has 1 fully saturated rings. The summed E-state index contributed by atoms with van der Waals surface area (Å²) in [7, 11) is 0. The molecule has 0 spiro atoms. The van der Waals surface area contributed by atoms with Crippen molar-refractivity contribution < 1.29 is 18.3 Å². The van der Waals surface area contributed by atoms with Gasteiger partial charge in [-0.25, -0.2) is 8.78 Å². The van der Waals surface area contributed by atoms with Crippen LogP contribution in [0.2, 0.25) is 5.02 Å². The Morgan fingerprint density at radius 1 is 1.34 bits per heavy atom. The Hall–Kier alpha value is -2.19. The molecule has 1 aromatic carbocycles. The number of rotatable bonds is 4. The van der Waals surface area contributed by atoms with E-state index in [1.54, 1.807) is 17.9 Å². The van der Waals surface area contributed by atoms with Gasteiger partial charge in [0.25, 0.3) is 6.43 Å². The largest absolute Gasteiger partial charge is 0.381 e. The van der Waals surface area contributed by atoms with E-state index in [4.69, 9.17) is 21.4 Å². The van der Waals surface area contributed by atoms with Gasteiger partial charge in [0.2, 0.25) is 5.91 Å². The molecule has 1 amide bonds. The number of benzene rings is 1. The van der Waals surface area contributed by atoms with E-state index in [2.05, 4.69) is 5.32 Å². The van der Waals surface area contributed by atoms with Gasteiger partial charge in [0.05, 0.1) is 12.6 Å². The molecule has 3 heterocycles. The molecule has 0 bridgehead atoms. The molecule has 0 atom stereocenters. The number of ether oxygens (including phenoxy) is 1. The summed E-state index contributed by atoms with van der Waals surface area (Å²) in [5.74, 6) is 0.604. The summed E-state index contributed by atoms with van der Waals surface area (Å²) >= 11 is 5.89. The summed E-state index contributed by atoms with van der Waals surface area (Å²) in [6.07, 6.45) is -0.198. The van der Waals surface area contributed by atoms with E-state index in [1.807, 2.05) is 4.68 Å². The first-order valence-electron chi connectivity index (χ1n) is 9.72. The number of hydrogen-bond donors (Lipinski definition) is 1. The summed E-state index contributed by atoms with van der Waals surface area (Å²) in [4.78, 5) is 13.7. The molecule has 6 nitrogen and oxygen atoms in total. The lowest BCUT2D eigenvalue weighted by molar-refractivity contribution is -0.129. The monoisotopic (exact) mass is 424 g/mol. The third kappa shape index (κ3) is 4.09. The topological polar surface area (TPSA) is 59.4 Å². The maximum atomic E-state index is 13.2. The highest BCUT2D eigenvalue weighted by Gasteiger charge is 2.30. The molecule has 9 heteroatoms. The highest BCUT2D eigenvalue weighted by atomic mass is 35.5. The molecule has 0 aliphatic carbocycles. The lowest BCUT2D eigenvalue weighted by atomic mass is 10.0. The number of anilines is 2. The summed E-state index contributed by atoms with van der Waals surface area (Å²) in [6, 6.07) is 4.69. The fourth-order valence-electron chi connectivity index (χ4n) is 3.97. The molecular formula is C20H23ClF2N4O2. The van der Waals surface area contributed by atoms with Crippen LogP contribution in [0.5, 0.6) is 0 Å². The van der Waals surface area contributed by atoms with Crippen molar-refractivity contribution in [2.75, 3.05) is 25.1 Å². The maximum absolute atomic E-state index is 13.2. The Kier molecular flexibility index (Phi) is 5.74. The fourth-order valence-corrected chi connectivity index (χ4v) is 4.17. The molecule has 0 radical (unpaired) electrons. The summed E-state index contributed by atoms with van der Waals surface area (Å²) in [6.45, 7) is 4.03. The molecule has 2 aromatic rings. The van der Waals surface area contributed by atoms with Crippen molar-refractivity contribution in [2.24, 2.45) is 0 Å². The predicted molar refractivity (Wildman–Crippen MR) is 106 cm³/mol. The Morgan fingerprint density at radius 3 is 2.79 bits per heavy atom. The predicted octanol–water partition coefficient (Wildman–Crippen LogP) is 4.47. The lowest BCUT2D eigenvalue weighted by Gasteiger charge is -2.29. The van der Waals surface area contributed by atoms with E-state index in [9.17, 15) is 13.6 Å². The van der Waals surface area contributed by atoms with Crippen LogP contribution in [0, 0.1) is 0 Å². The number of alkyl halides is 2. The van der Waals surface area contributed by atoms with E-state index < -0.39 is 6.43 Å². The molecule has 156 valence electrons. The zero-order chi connectivity index (χ0) is 20.5. The third-order valence-electron chi connectivity index (χ3n) is 5.56. The molecule has 0 unspecified atom stereocenters. The molecule has 2 aliphatic rings. The van der Waals surface area contributed by atoms with Crippen molar-refractivity contribution in [3.8, 4) is 0 Å². The number of halogens is 3. The first-order chi connectivity index (χ1) is 13.9. The van der Waals surface area contributed by atoms with Gasteiger partial charge in [-0.2, -0.15) is 5.10 Å². The lowest BCUT2D eigenvalue weighted by Crippen LogP contribution is -2.35. The number of hydrogen-bond acceptors (Lipinski definition) is 4. The second-order valence-electron chi connectivity index (χ2n) is 7.41. The van der Waals surface area contributed by atoms with Gasteiger partial charge in [0.15, 0.2) is 5.82 Å². The Balaban J connectivity index is 1.70. The fraction of sp³-hybridized carbons (Fsp3) is 0.500. The molecular weight excluding hydrogens is 402 g/mol. The minimum atomic E-state index is -2.66. The quantitative estimate of drug-likeness (QED) is 0.786. The standard InChI is InChI=1S/C20H23ClF2N4O2/c1-12(28)26-7-4-18-16(11-26)20(25-27(18)14-5-8-29-9-6-14)24-13-2-3-17(21)15(10-13)19(22)23/h2-3,10,14,19H,4-9,11H2,1H3,(H,24,25). The van der Waals surface area contributed by atoms with Crippen molar-refractivity contribution in [3.05, 3.63) is 40.0 Å². The minimum absolute atomic E-state index is 0.00639. The molecule has 0 saturated carbocycles. The van der Waals surface area contributed by atoms with E-state index in [1.165, 1.54) is 12.1 Å². The molecule has 1 aromatic heterocycles. The molecule has 1 saturated heterocycles. The highest BCUT2D eigenvalue weighted by Crippen LogP contribution is 2.35. The number of nitrogens with zero attached hydrogens (tertiary/aromatic N) is 3. The summed E-state index contributed by atoms with van der Waals surface area (Å²) in [5, 5.41) is 8.00. The van der Waals surface area contributed by atoms with Gasteiger partial charge in [-0.05, 0) is 31.0 Å². The van der Waals surface area contributed by atoms with Gasteiger partial charge in [-0.15, -0.1) is 0 Å². The molecule has 29 heavy (non-hydrogen) atoms. The average Bonchev–Trinajstić information content (AvgIpc) is 3.07. The Morgan fingerprint density at radius 2 is 2.10 bits per heavy atom. The van der Waals surface area contributed by atoms with Crippen LogP contribution in [0.15, 0.2) is 18.2 Å². The van der Waals surface area contributed by atoms with Gasteiger partial charge in [0, 0.05) is 60.6 Å². The number of nitrogens with one attached hydrogen (secondary N) is 1. The Labute approximate surface area is 172 Å². The van der Waals surface area contributed by atoms with Crippen LogP contribution in [0.4, 0.5) is 20.3 Å². The minimum Gasteiger partial charge on any atom is -0.381 e. The normalized spacial score (nSPS) is 17.5. The van der Waals surface area contributed by atoms with Crippen LogP contribution >= 0.6 is 11.6 Å². The number of carbonyl (C=O) groups is 1. The van der Waals surface area contributed by atoms with Gasteiger partial charge in [-0.3, -0.25) is 9.48 Å². The Bertz CT molecular complexity index is 912. The van der Waals surface area contributed by atoms with E-state index in [0.717, 1.165) is 24.1 Å². The number of carbonyl (C=O) groups excluding carboxylic acids is 1. The second-order valence-corrected chi connectivity index (χ2v) is 7.82. The van der Waals surface area contributed by atoms with Gasteiger partial charge >= 0.3 is 0 Å². The van der Waals surface area contributed by atoms with Crippen LogP contribution in [0.3, 0.4) is 0 Å². The first-order valence-corrected chi connectivity index (χ1v) is 10.1. The van der Waals surface area contributed by atoms with E-state index >= 15 is 0 Å². The second kappa shape index (κ2) is 8.28. The number of amides is 1. The van der Waals surface area contributed by atoms with Crippen molar-refractivity contribution in [2.45, 2.75) is 45.2 Å². The summed E-state index contributed by atoms with van der Waals surface area (Å²) in [5.41, 5.74) is 2.30. The SMILES string of the molecule is CC(=O)N1CCc2c(c(Nc3ccc(Cl)c(C(F)F)c3)nn2C2CCOCC2)C1. The van der Waals surface area contributed by atoms with Crippen molar-refractivity contribution in [1.82, 2.24) is 14.7 Å². The highest BCUT2D eigenvalue weighted by molar-refractivity contribution is 6.31. The van der Waals surface area contributed by atoms with Crippen LogP contribution in [0.1, 0.15) is 49.1 Å². The zero-order valence-electron chi connectivity index (χ0n) is 16.1. The van der Waals surface area contributed by atoms with Crippen molar-refractivity contribution >= 4 is 29.0 Å². The van der Waals surface area contributed by atoms with Crippen molar-refractivity contribution in [1.29, 1.82) is 0 Å². The van der Waals surface area contributed by atoms with Crippen LogP contribution in [0.25, 0.3) is 0 Å². The molecule has 2 aliphatic heterocycles. The zero-order valence-corrected chi connectivity index (χ0v) is 16.9. The van der Waals surface area contributed by atoms with E-state index in [0.29, 0.717) is 44.2 Å². The van der Waals surface area contributed by atoms with Gasteiger partial charge < -0.3 is 15.0 Å². The van der Waals surface area contributed by atoms with Crippen LogP contribution in [-0.2, 0) is 22.5 Å². The van der Waals surface area contributed by atoms with Gasteiger partial charge in [-0.1, -0.05) is 11.6 Å². The van der Waals surface area contributed by atoms with Crippen LogP contribution in [-0.4, -0.2) is 40.3 Å². The molecule has 1 N–H and O–H groups in total. The van der Waals surface area contributed by atoms with Crippen molar-refractivity contribution in [3.63, 3.8) is 0 Å². The van der Waals surface area contributed by atoms with Crippen LogP contribution < -0.4 is 5.32 Å². The first kappa shape index (κ1) is 20.1. The maximum Gasteiger partial charge on any atom is 0.265 e. The number of fused-ring (bicyclic) bond motifs is 1. The number of aromatic nitrogens is 2. The summed E-state index contributed by atoms with van der Waals surface area (Å²) < 4.78 is 34.0. The third-order valence-corrected chi connectivity index (χ3v) is 5.91. The average molecular weight is 425 g/mol. The van der Waals surface area contributed by atoms with E-state index in [-0.39, 0.29) is 22.5 Å². The molecule has 4 rings (SSSR count).